The maximum Gasteiger partial charge on any atom is 0.426 e. The molecule has 1 aromatic carbocycles. The Morgan fingerprint density at radius 1 is 1.30 bits per heavy atom. The molecule has 0 fully saturated rings. The van der Waals surface area contributed by atoms with Crippen molar-refractivity contribution in [2.45, 2.75) is 46.1 Å². The van der Waals surface area contributed by atoms with Gasteiger partial charge in [-0.2, -0.15) is 0 Å². The van der Waals surface area contributed by atoms with Crippen LogP contribution >= 0.6 is 12.1 Å². The van der Waals surface area contributed by atoms with Gasteiger partial charge in [0.15, 0.2) is 11.5 Å². The third-order valence-corrected chi connectivity index (χ3v) is 5.04. The van der Waals surface area contributed by atoms with Gasteiger partial charge in [0.1, 0.15) is 5.60 Å². The smallest absolute Gasteiger partial charge is 0.426 e. The normalized spacial score (nSPS) is 14.4. The molecule has 1 aliphatic rings. The summed E-state index contributed by atoms with van der Waals surface area (Å²) in [6.45, 7) is 9.25. The molecule has 1 aromatic rings. The van der Waals surface area contributed by atoms with Crippen LogP contribution in [0.15, 0.2) is 18.2 Å². The molecule has 27 heavy (non-hydrogen) atoms. The Kier molecular flexibility index (Phi) is 7.38. The molecule has 0 saturated heterocycles. The summed E-state index contributed by atoms with van der Waals surface area (Å²) < 4.78 is 19.7. The summed E-state index contributed by atoms with van der Waals surface area (Å²) in [5.41, 5.74) is 0.725. The van der Waals surface area contributed by atoms with Gasteiger partial charge in [0, 0.05) is 44.3 Å². The van der Waals surface area contributed by atoms with Crippen molar-refractivity contribution in [2.75, 3.05) is 26.7 Å². The molecule has 0 spiro atoms. The minimum absolute atomic E-state index is 0.249. The molecular formula is C19H28N2O5S. The number of hydrogen-bond acceptors (Lipinski definition) is 7. The van der Waals surface area contributed by atoms with Crippen LogP contribution in [0.25, 0.3) is 0 Å². The summed E-state index contributed by atoms with van der Waals surface area (Å²) in [5, 5.41) is 0. The van der Waals surface area contributed by atoms with Crippen molar-refractivity contribution in [3.05, 3.63) is 23.8 Å². The monoisotopic (exact) mass is 396 g/mol. The highest BCUT2D eigenvalue weighted by Crippen LogP contribution is 2.42. The topological polar surface area (TPSA) is 68.3 Å². The molecule has 0 bridgehead atoms. The number of amides is 1. The van der Waals surface area contributed by atoms with E-state index in [2.05, 4.69) is 0 Å². The standard InChI is InChI=1S/C19H28N2O5S/c1-6-21(12-11-16(22)24-7-2)27-20(5)18(23)25-15-10-8-9-14-13-19(3,4)26-17(14)15/h8-10H,6-7,11-13H2,1-5H3. The molecule has 1 amide bonds. The van der Waals surface area contributed by atoms with E-state index in [9.17, 15) is 9.59 Å². The van der Waals surface area contributed by atoms with Crippen LogP contribution in [0.2, 0.25) is 0 Å². The lowest BCUT2D eigenvalue weighted by Gasteiger charge is -2.24. The Labute approximate surface area is 165 Å². The van der Waals surface area contributed by atoms with Crippen molar-refractivity contribution in [1.82, 2.24) is 8.61 Å². The lowest BCUT2D eigenvalue weighted by atomic mass is 10.0. The third kappa shape index (κ3) is 6.04. The summed E-state index contributed by atoms with van der Waals surface area (Å²) >= 11 is 1.21. The van der Waals surface area contributed by atoms with Crippen molar-refractivity contribution in [2.24, 2.45) is 0 Å². The van der Waals surface area contributed by atoms with Crippen LogP contribution in [0.3, 0.4) is 0 Å². The fraction of sp³-hybridized carbons (Fsp3) is 0.579. The van der Waals surface area contributed by atoms with E-state index in [1.807, 2.05) is 37.2 Å². The molecule has 0 aliphatic carbocycles. The first-order valence-corrected chi connectivity index (χ1v) is 9.84. The summed E-state index contributed by atoms with van der Waals surface area (Å²) in [4.78, 5) is 24.0. The molecule has 0 aromatic heterocycles. The fourth-order valence-corrected chi connectivity index (χ4v) is 3.48. The highest BCUT2D eigenvalue weighted by Gasteiger charge is 2.33. The second-order valence-electron chi connectivity index (χ2n) is 6.81. The average molecular weight is 397 g/mol. The maximum atomic E-state index is 12.5. The van der Waals surface area contributed by atoms with E-state index >= 15 is 0 Å². The Morgan fingerprint density at radius 2 is 2.04 bits per heavy atom. The van der Waals surface area contributed by atoms with Gasteiger partial charge in [0.25, 0.3) is 0 Å². The highest BCUT2D eigenvalue weighted by atomic mass is 32.2. The Balaban J connectivity index is 1.92. The predicted octanol–water partition coefficient (Wildman–Crippen LogP) is 3.67. The minimum atomic E-state index is -0.503. The van der Waals surface area contributed by atoms with E-state index in [0.29, 0.717) is 31.2 Å². The first kappa shape index (κ1) is 21.4. The van der Waals surface area contributed by atoms with Crippen molar-refractivity contribution < 1.29 is 23.8 Å². The van der Waals surface area contributed by atoms with Crippen LogP contribution in [-0.2, 0) is 16.0 Å². The van der Waals surface area contributed by atoms with Crippen molar-refractivity contribution in [3.8, 4) is 11.5 Å². The van der Waals surface area contributed by atoms with E-state index in [-0.39, 0.29) is 18.0 Å². The van der Waals surface area contributed by atoms with Gasteiger partial charge in [0.2, 0.25) is 0 Å². The zero-order valence-corrected chi connectivity index (χ0v) is 17.4. The molecule has 8 heteroatoms. The van der Waals surface area contributed by atoms with Crippen LogP contribution in [0.4, 0.5) is 4.79 Å². The van der Waals surface area contributed by atoms with E-state index in [0.717, 1.165) is 12.0 Å². The number of nitrogens with zero attached hydrogens (tertiary/aromatic N) is 2. The molecule has 0 unspecified atom stereocenters. The summed E-state index contributed by atoms with van der Waals surface area (Å²) in [6, 6.07) is 5.57. The number of fused-ring (bicyclic) bond motifs is 1. The second-order valence-corrected chi connectivity index (χ2v) is 8.03. The lowest BCUT2D eigenvalue weighted by Crippen LogP contribution is -2.31. The number of carbonyl (C=O) groups is 2. The van der Waals surface area contributed by atoms with E-state index in [1.165, 1.54) is 16.4 Å². The maximum absolute atomic E-state index is 12.5. The Morgan fingerprint density at radius 3 is 2.70 bits per heavy atom. The van der Waals surface area contributed by atoms with Crippen molar-refractivity contribution in [3.63, 3.8) is 0 Å². The van der Waals surface area contributed by atoms with Gasteiger partial charge in [-0.05, 0) is 26.8 Å². The van der Waals surface area contributed by atoms with Gasteiger partial charge in [-0.15, -0.1) is 0 Å². The summed E-state index contributed by atoms with van der Waals surface area (Å²) in [6.07, 6.45) is 0.541. The second kappa shape index (κ2) is 9.32. The zero-order valence-electron chi connectivity index (χ0n) is 16.6. The van der Waals surface area contributed by atoms with Gasteiger partial charge < -0.3 is 14.2 Å². The minimum Gasteiger partial charge on any atom is -0.483 e. The van der Waals surface area contributed by atoms with Gasteiger partial charge >= 0.3 is 12.1 Å². The highest BCUT2D eigenvalue weighted by molar-refractivity contribution is 7.95. The summed E-state index contributed by atoms with van der Waals surface area (Å²) in [7, 11) is 1.63. The van der Waals surface area contributed by atoms with Gasteiger partial charge in [0.05, 0.1) is 13.0 Å². The predicted molar refractivity (Wildman–Crippen MR) is 105 cm³/mol. The quantitative estimate of drug-likeness (QED) is 0.490. The van der Waals surface area contributed by atoms with Gasteiger partial charge in [-0.3, -0.25) is 4.79 Å². The number of carbonyl (C=O) groups excluding carboxylic acids is 2. The molecular weight excluding hydrogens is 368 g/mol. The van der Waals surface area contributed by atoms with Crippen LogP contribution < -0.4 is 9.47 Å². The molecule has 150 valence electrons. The number of rotatable bonds is 8. The van der Waals surface area contributed by atoms with Crippen LogP contribution in [0.1, 0.15) is 39.7 Å². The van der Waals surface area contributed by atoms with Crippen LogP contribution in [0, 0.1) is 0 Å². The van der Waals surface area contributed by atoms with Crippen LogP contribution in [0.5, 0.6) is 11.5 Å². The molecule has 0 saturated carbocycles. The van der Waals surface area contributed by atoms with Gasteiger partial charge in [-0.1, -0.05) is 19.1 Å². The Hall–Kier alpha value is -1.93. The molecule has 0 atom stereocenters. The third-order valence-electron chi connectivity index (χ3n) is 3.97. The van der Waals surface area contributed by atoms with E-state index in [1.54, 1.807) is 20.0 Å². The number of para-hydroxylation sites is 1. The molecule has 7 nitrogen and oxygen atoms in total. The number of ether oxygens (including phenoxy) is 3. The molecule has 0 radical (unpaired) electrons. The molecule has 1 aliphatic heterocycles. The molecule has 2 rings (SSSR count). The Bertz CT molecular complexity index is 680. The lowest BCUT2D eigenvalue weighted by molar-refractivity contribution is -0.143. The number of esters is 1. The molecule has 1 heterocycles. The molecule has 0 N–H and O–H groups in total. The first-order valence-electron chi connectivity index (χ1n) is 9.10. The first-order chi connectivity index (χ1) is 12.8. The zero-order chi connectivity index (χ0) is 20.0. The van der Waals surface area contributed by atoms with Crippen LogP contribution in [-0.4, -0.2) is 53.0 Å². The van der Waals surface area contributed by atoms with Crippen molar-refractivity contribution in [1.29, 1.82) is 0 Å². The average Bonchev–Trinajstić information content (AvgIpc) is 2.93. The fourth-order valence-electron chi connectivity index (χ4n) is 2.74. The van der Waals surface area contributed by atoms with Crippen molar-refractivity contribution >= 4 is 24.2 Å². The van der Waals surface area contributed by atoms with E-state index < -0.39 is 6.09 Å². The SMILES string of the molecule is CCOC(=O)CCN(CC)SN(C)C(=O)Oc1cccc2c1OC(C)(C)C2. The van der Waals surface area contributed by atoms with Gasteiger partial charge in [-0.25, -0.2) is 13.4 Å². The largest absolute Gasteiger partial charge is 0.483 e. The summed E-state index contributed by atoms with van der Waals surface area (Å²) in [5.74, 6) is 0.801. The number of benzene rings is 1. The van der Waals surface area contributed by atoms with E-state index in [4.69, 9.17) is 14.2 Å². The number of hydrogen-bond donors (Lipinski definition) is 0.